The molecule has 0 bridgehead atoms. The lowest BCUT2D eigenvalue weighted by molar-refractivity contribution is 1.06. The molecule has 1 aromatic carbocycles. The standard InChI is InChI=1S/C14H13ClN4S2/c1-8-6-11-13(19-16)17-12(18-14(11)21-8)7-20-10-4-2-9(15)3-5-10/h2-6H,7,16H2,1H3,(H,17,18,19). The second-order valence-electron chi connectivity index (χ2n) is 4.45. The average Bonchev–Trinajstić information content (AvgIpc) is 2.86. The predicted octanol–water partition coefficient (Wildman–Crippen LogP) is 4.23. The van der Waals surface area contributed by atoms with Crippen LogP contribution >= 0.6 is 34.7 Å². The largest absolute Gasteiger partial charge is 0.308 e. The van der Waals surface area contributed by atoms with Crippen molar-refractivity contribution < 1.29 is 0 Å². The number of rotatable bonds is 4. The van der Waals surface area contributed by atoms with E-state index in [9.17, 15) is 0 Å². The normalized spacial score (nSPS) is 11.0. The number of hydrogen-bond acceptors (Lipinski definition) is 6. The fourth-order valence-electron chi connectivity index (χ4n) is 1.94. The van der Waals surface area contributed by atoms with Crippen LogP contribution in [0, 0.1) is 6.92 Å². The molecule has 7 heteroatoms. The van der Waals surface area contributed by atoms with E-state index in [2.05, 4.69) is 22.3 Å². The second kappa shape index (κ2) is 6.19. The number of benzene rings is 1. The first-order valence-corrected chi connectivity index (χ1v) is 8.46. The van der Waals surface area contributed by atoms with Gasteiger partial charge in [0.1, 0.15) is 10.7 Å². The number of anilines is 1. The van der Waals surface area contributed by atoms with Gasteiger partial charge in [-0.3, -0.25) is 0 Å². The van der Waals surface area contributed by atoms with E-state index in [1.807, 2.05) is 30.3 Å². The SMILES string of the molecule is Cc1cc2c(NN)nc(CSc3ccc(Cl)cc3)nc2s1. The maximum absolute atomic E-state index is 5.88. The number of thiophene rings is 1. The Morgan fingerprint density at radius 1 is 1.29 bits per heavy atom. The van der Waals surface area contributed by atoms with Gasteiger partial charge >= 0.3 is 0 Å². The van der Waals surface area contributed by atoms with Crippen molar-refractivity contribution in [1.29, 1.82) is 0 Å². The second-order valence-corrected chi connectivity index (χ2v) is 7.17. The zero-order valence-corrected chi connectivity index (χ0v) is 13.6. The van der Waals surface area contributed by atoms with E-state index in [-0.39, 0.29) is 0 Å². The summed E-state index contributed by atoms with van der Waals surface area (Å²) in [7, 11) is 0. The lowest BCUT2D eigenvalue weighted by Crippen LogP contribution is -2.10. The van der Waals surface area contributed by atoms with E-state index in [4.69, 9.17) is 17.4 Å². The fourth-order valence-corrected chi connectivity index (χ4v) is 3.72. The highest BCUT2D eigenvalue weighted by Crippen LogP contribution is 2.30. The van der Waals surface area contributed by atoms with Gasteiger partial charge in [0.15, 0.2) is 5.82 Å². The van der Waals surface area contributed by atoms with Crippen LogP contribution in [0.15, 0.2) is 35.2 Å². The average molecular weight is 337 g/mol. The highest BCUT2D eigenvalue weighted by Gasteiger charge is 2.10. The molecule has 4 nitrogen and oxygen atoms in total. The van der Waals surface area contributed by atoms with Gasteiger partial charge in [-0.2, -0.15) is 0 Å². The van der Waals surface area contributed by atoms with Gasteiger partial charge in [-0.05, 0) is 37.3 Å². The number of nitrogen functional groups attached to an aromatic ring is 1. The molecule has 3 aromatic rings. The number of aryl methyl sites for hydroxylation is 1. The van der Waals surface area contributed by atoms with Gasteiger partial charge in [0.25, 0.3) is 0 Å². The molecule has 0 aliphatic carbocycles. The maximum Gasteiger partial charge on any atom is 0.152 e. The third kappa shape index (κ3) is 3.29. The molecule has 0 aliphatic heterocycles. The Bertz CT molecular complexity index is 770. The molecule has 0 unspecified atom stereocenters. The quantitative estimate of drug-likeness (QED) is 0.424. The van der Waals surface area contributed by atoms with Crippen LogP contribution in [0.1, 0.15) is 10.7 Å². The third-order valence-electron chi connectivity index (χ3n) is 2.88. The molecule has 0 saturated carbocycles. The van der Waals surface area contributed by atoms with Crippen molar-refractivity contribution >= 4 is 50.7 Å². The molecule has 2 heterocycles. The van der Waals surface area contributed by atoms with E-state index >= 15 is 0 Å². The van der Waals surface area contributed by atoms with Gasteiger partial charge in [-0.15, -0.1) is 23.1 Å². The topological polar surface area (TPSA) is 63.8 Å². The number of halogens is 1. The number of fused-ring (bicyclic) bond motifs is 1. The molecule has 2 aromatic heterocycles. The van der Waals surface area contributed by atoms with Crippen LogP contribution in [-0.2, 0) is 5.75 Å². The Kier molecular flexibility index (Phi) is 4.30. The zero-order valence-electron chi connectivity index (χ0n) is 11.3. The molecule has 3 N–H and O–H groups in total. The van der Waals surface area contributed by atoms with E-state index < -0.39 is 0 Å². The molecule has 0 fully saturated rings. The van der Waals surface area contributed by atoms with Crippen LogP contribution in [0.25, 0.3) is 10.2 Å². The van der Waals surface area contributed by atoms with Crippen molar-refractivity contribution in [3.05, 3.63) is 46.1 Å². The van der Waals surface area contributed by atoms with E-state index in [1.54, 1.807) is 23.1 Å². The number of nitrogens with two attached hydrogens (primary N) is 1. The Morgan fingerprint density at radius 3 is 2.76 bits per heavy atom. The van der Waals surface area contributed by atoms with Crippen molar-refractivity contribution in [2.45, 2.75) is 17.6 Å². The number of nitrogens with one attached hydrogen (secondary N) is 1. The monoisotopic (exact) mass is 336 g/mol. The van der Waals surface area contributed by atoms with Crippen LogP contribution in [0.2, 0.25) is 5.02 Å². The van der Waals surface area contributed by atoms with Gasteiger partial charge in [-0.25, -0.2) is 15.8 Å². The highest BCUT2D eigenvalue weighted by atomic mass is 35.5. The number of thioether (sulfide) groups is 1. The van der Waals surface area contributed by atoms with Crippen LogP contribution in [0.4, 0.5) is 5.82 Å². The summed E-state index contributed by atoms with van der Waals surface area (Å²) in [6.07, 6.45) is 0. The predicted molar refractivity (Wildman–Crippen MR) is 91.0 cm³/mol. The summed E-state index contributed by atoms with van der Waals surface area (Å²) < 4.78 is 0. The van der Waals surface area contributed by atoms with Crippen LogP contribution in [-0.4, -0.2) is 9.97 Å². The summed E-state index contributed by atoms with van der Waals surface area (Å²) in [5, 5.41) is 1.71. The van der Waals surface area contributed by atoms with E-state index in [0.29, 0.717) is 11.6 Å². The number of aromatic nitrogens is 2. The highest BCUT2D eigenvalue weighted by molar-refractivity contribution is 7.98. The van der Waals surface area contributed by atoms with Crippen LogP contribution in [0.5, 0.6) is 0 Å². The molecule has 0 saturated heterocycles. The maximum atomic E-state index is 5.88. The minimum atomic E-state index is 0.677. The molecule has 3 rings (SSSR count). The summed E-state index contributed by atoms with van der Waals surface area (Å²) in [4.78, 5) is 12.4. The zero-order chi connectivity index (χ0) is 14.8. The van der Waals surface area contributed by atoms with Crippen molar-refractivity contribution in [3.63, 3.8) is 0 Å². The lowest BCUT2D eigenvalue weighted by atomic mass is 10.3. The van der Waals surface area contributed by atoms with Crippen LogP contribution in [0.3, 0.4) is 0 Å². The van der Waals surface area contributed by atoms with Gasteiger partial charge < -0.3 is 5.43 Å². The minimum Gasteiger partial charge on any atom is -0.308 e. The van der Waals surface area contributed by atoms with Gasteiger partial charge in [0.05, 0.1) is 11.1 Å². The summed E-state index contributed by atoms with van der Waals surface area (Å²) in [5.74, 6) is 7.68. The van der Waals surface area contributed by atoms with Crippen molar-refractivity contribution in [2.24, 2.45) is 5.84 Å². The van der Waals surface area contributed by atoms with Crippen molar-refractivity contribution in [2.75, 3.05) is 5.43 Å². The molecule has 0 radical (unpaired) electrons. The Labute approximate surface area is 135 Å². The first-order valence-electron chi connectivity index (χ1n) is 6.28. The summed E-state index contributed by atoms with van der Waals surface area (Å²) in [6, 6.07) is 9.78. The van der Waals surface area contributed by atoms with Crippen LogP contribution < -0.4 is 11.3 Å². The molecule has 0 atom stereocenters. The molecular formula is C14H13ClN4S2. The fraction of sp³-hybridized carbons (Fsp3) is 0.143. The van der Waals surface area contributed by atoms with Gasteiger partial charge in [0.2, 0.25) is 0 Å². The number of hydrazine groups is 1. The summed E-state index contributed by atoms with van der Waals surface area (Å²) in [6.45, 7) is 2.05. The molecule has 0 spiro atoms. The molecule has 21 heavy (non-hydrogen) atoms. The van der Waals surface area contributed by atoms with Crippen molar-refractivity contribution in [3.8, 4) is 0 Å². The third-order valence-corrected chi connectivity index (χ3v) is 5.08. The Morgan fingerprint density at radius 2 is 2.05 bits per heavy atom. The molecular weight excluding hydrogens is 324 g/mol. The first kappa shape index (κ1) is 14.6. The van der Waals surface area contributed by atoms with E-state index in [1.165, 1.54) is 4.88 Å². The number of hydrogen-bond donors (Lipinski definition) is 2. The number of nitrogens with zero attached hydrogens (tertiary/aromatic N) is 2. The Balaban J connectivity index is 1.84. The summed E-state index contributed by atoms with van der Waals surface area (Å²) in [5.41, 5.74) is 2.66. The van der Waals surface area contributed by atoms with Gasteiger partial charge in [0, 0.05) is 14.8 Å². The first-order chi connectivity index (χ1) is 10.2. The molecule has 0 aliphatic rings. The summed E-state index contributed by atoms with van der Waals surface area (Å²) >= 11 is 9.20. The molecule has 108 valence electrons. The molecule has 0 amide bonds. The lowest BCUT2D eigenvalue weighted by Gasteiger charge is -2.05. The smallest absolute Gasteiger partial charge is 0.152 e. The minimum absolute atomic E-state index is 0.677. The van der Waals surface area contributed by atoms with Crippen molar-refractivity contribution in [1.82, 2.24) is 9.97 Å². The van der Waals surface area contributed by atoms with E-state index in [0.717, 1.165) is 26.0 Å². The Hall–Kier alpha value is -1.34. The van der Waals surface area contributed by atoms with Gasteiger partial charge in [-0.1, -0.05) is 11.6 Å².